The van der Waals surface area contributed by atoms with Crippen molar-refractivity contribution in [1.82, 2.24) is 0 Å². The lowest BCUT2D eigenvalue weighted by molar-refractivity contribution is 0.414. The summed E-state index contributed by atoms with van der Waals surface area (Å²) in [6.07, 6.45) is 1.02. The van der Waals surface area contributed by atoms with E-state index in [-0.39, 0.29) is 0 Å². The molecule has 0 atom stereocenters. The van der Waals surface area contributed by atoms with Gasteiger partial charge < -0.3 is 4.74 Å². The molecule has 2 aromatic rings. The second-order valence-corrected chi connectivity index (χ2v) is 4.61. The number of ether oxygens (including phenoxy) is 1. The molecule has 0 amide bonds. The molecule has 0 fully saturated rings. The zero-order chi connectivity index (χ0) is 10.7. The Balaban J connectivity index is 2.11. The van der Waals surface area contributed by atoms with Crippen molar-refractivity contribution in [2.45, 2.75) is 13.3 Å². The van der Waals surface area contributed by atoms with E-state index in [1.165, 1.54) is 16.0 Å². The molecule has 2 heteroatoms. The molecule has 0 aliphatic heterocycles. The van der Waals surface area contributed by atoms with Crippen LogP contribution in [0.4, 0.5) is 0 Å². The second kappa shape index (κ2) is 4.49. The van der Waals surface area contributed by atoms with E-state index in [1.807, 2.05) is 23.5 Å². The van der Waals surface area contributed by atoms with Crippen molar-refractivity contribution in [1.29, 1.82) is 0 Å². The maximum atomic E-state index is 5.13. The van der Waals surface area contributed by atoms with Crippen molar-refractivity contribution in [3.8, 4) is 5.75 Å². The monoisotopic (exact) mass is 218 g/mol. The largest absolute Gasteiger partial charge is 0.497 e. The summed E-state index contributed by atoms with van der Waals surface area (Å²) in [4.78, 5) is 1.41. The molecule has 1 heterocycles. The summed E-state index contributed by atoms with van der Waals surface area (Å²) >= 11 is 1.82. The molecule has 0 aliphatic carbocycles. The fourth-order valence-electron chi connectivity index (χ4n) is 1.53. The van der Waals surface area contributed by atoms with Gasteiger partial charge in [-0.1, -0.05) is 12.1 Å². The van der Waals surface area contributed by atoms with E-state index in [0.717, 1.165) is 12.2 Å². The average Bonchev–Trinajstić information content (AvgIpc) is 2.65. The molecule has 0 radical (unpaired) electrons. The molecule has 1 aromatic heterocycles. The minimum Gasteiger partial charge on any atom is -0.497 e. The fourth-order valence-corrected chi connectivity index (χ4v) is 2.44. The van der Waals surface area contributed by atoms with Crippen LogP contribution >= 0.6 is 11.3 Å². The fraction of sp³-hybridized carbons (Fsp3) is 0.231. The minimum atomic E-state index is 0.918. The van der Waals surface area contributed by atoms with Crippen LogP contribution in [0.5, 0.6) is 5.75 Å². The topological polar surface area (TPSA) is 9.23 Å². The first-order chi connectivity index (χ1) is 7.28. The molecule has 0 saturated heterocycles. The normalized spacial score (nSPS) is 10.3. The lowest BCUT2D eigenvalue weighted by Crippen LogP contribution is -1.86. The van der Waals surface area contributed by atoms with Gasteiger partial charge in [0.15, 0.2) is 0 Å². The predicted octanol–water partition coefficient (Wildman–Crippen LogP) is 3.66. The van der Waals surface area contributed by atoms with Gasteiger partial charge in [0, 0.05) is 11.3 Å². The highest BCUT2D eigenvalue weighted by atomic mass is 32.1. The Kier molecular flexibility index (Phi) is 3.07. The summed E-state index contributed by atoms with van der Waals surface area (Å²) in [7, 11) is 1.69. The van der Waals surface area contributed by atoms with Gasteiger partial charge >= 0.3 is 0 Å². The SMILES string of the molecule is COc1ccc(Cc2cc(C)cs2)cc1. The summed E-state index contributed by atoms with van der Waals surface area (Å²) < 4.78 is 5.13. The number of benzene rings is 1. The van der Waals surface area contributed by atoms with Gasteiger partial charge in [0.1, 0.15) is 5.75 Å². The van der Waals surface area contributed by atoms with Crippen LogP contribution < -0.4 is 4.74 Å². The predicted molar refractivity (Wildman–Crippen MR) is 64.9 cm³/mol. The first kappa shape index (κ1) is 10.2. The minimum absolute atomic E-state index is 0.918. The molecule has 0 saturated carbocycles. The Morgan fingerprint density at radius 1 is 1.20 bits per heavy atom. The number of hydrogen-bond acceptors (Lipinski definition) is 2. The third-order valence-corrected chi connectivity index (χ3v) is 3.38. The molecule has 0 unspecified atom stereocenters. The molecular formula is C13H14OS. The lowest BCUT2D eigenvalue weighted by Gasteiger charge is -2.01. The number of methoxy groups -OCH3 is 1. The third-order valence-electron chi connectivity index (χ3n) is 2.32. The van der Waals surface area contributed by atoms with Crippen LogP contribution in [-0.2, 0) is 6.42 Å². The smallest absolute Gasteiger partial charge is 0.118 e. The molecule has 1 aromatic carbocycles. The van der Waals surface area contributed by atoms with Crippen LogP contribution in [0.2, 0.25) is 0 Å². The molecule has 1 nitrogen and oxygen atoms in total. The van der Waals surface area contributed by atoms with Crippen molar-refractivity contribution in [2.75, 3.05) is 7.11 Å². The number of aryl methyl sites for hydroxylation is 1. The Morgan fingerprint density at radius 2 is 1.93 bits per heavy atom. The van der Waals surface area contributed by atoms with Crippen LogP contribution in [0.25, 0.3) is 0 Å². The molecule has 78 valence electrons. The molecule has 0 spiro atoms. The van der Waals surface area contributed by atoms with E-state index in [9.17, 15) is 0 Å². The van der Waals surface area contributed by atoms with Crippen molar-refractivity contribution < 1.29 is 4.74 Å². The molecule has 15 heavy (non-hydrogen) atoms. The maximum absolute atomic E-state index is 5.13. The zero-order valence-corrected chi connectivity index (χ0v) is 9.80. The van der Waals surface area contributed by atoms with Crippen LogP contribution in [-0.4, -0.2) is 7.11 Å². The van der Waals surface area contributed by atoms with Crippen molar-refractivity contribution >= 4 is 11.3 Å². The van der Waals surface area contributed by atoms with Crippen molar-refractivity contribution in [2.24, 2.45) is 0 Å². The highest BCUT2D eigenvalue weighted by Gasteiger charge is 1.99. The number of hydrogen-bond donors (Lipinski definition) is 0. The second-order valence-electron chi connectivity index (χ2n) is 3.62. The van der Waals surface area contributed by atoms with Gasteiger partial charge in [0.05, 0.1) is 7.11 Å². The van der Waals surface area contributed by atoms with E-state index < -0.39 is 0 Å². The highest BCUT2D eigenvalue weighted by molar-refractivity contribution is 7.10. The summed E-state index contributed by atoms with van der Waals surface area (Å²) in [5.41, 5.74) is 2.68. The quantitative estimate of drug-likeness (QED) is 0.764. The standard InChI is InChI=1S/C13H14OS/c1-10-7-13(15-9-10)8-11-3-5-12(14-2)6-4-11/h3-7,9H,8H2,1-2H3. The van der Waals surface area contributed by atoms with E-state index in [1.54, 1.807) is 7.11 Å². The van der Waals surface area contributed by atoms with E-state index in [4.69, 9.17) is 4.74 Å². The first-order valence-electron chi connectivity index (χ1n) is 4.95. The van der Waals surface area contributed by atoms with Gasteiger partial charge in [-0.05, 0) is 41.6 Å². The molecule has 0 aliphatic rings. The van der Waals surface area contributed by atoms with Crippen LogP contribution in [0.1, 0.15) is 16.0 Å². The summed E-state index contributed by atoms with van der Waals surface area (Å²) in [6, 6.07) is 10.5. The Bertz CT molecular complexity index is 428. The van der Waals surface area contributed by atoms with Crippen LogP contribution in [0.15, 0.2) is 35.7 Å². The van der Waals surface area contributed by atoms with E-state index >= 15 is 0 Å². The van der Waals surface area contributed by atoms with E-state index in [0.29, 0.717) is 0 Å². The van der Waals surface area contributed by atoms with Crippen molar-refractivity contribution in [3.05, 3.63) is 51.7 Å². The van der Waals surface area contributed by atoms with E-state index in [2.05, 4.69) is 30.5 Å². The van der Waals surface area contributed by atoms with Crippen LogP contribution in [0, 0.1) is 6.92 Å². The molecule has 0 bridgehead atoms. The van der Waals surface area contributed by atoms with Crippen molar-refractivity contribution in [3.63, 3.8) is 0 Å². The molecule has 0 N–H and O–H groups in total. The van der Waals surface area contributed by atoms with Gasteiger partial charge in [-0.3, -0.25) is 0 Å². The zero-order valence-electron chi connectivity index (χ0n) is 8.99. The van der Waals surface area contributed by atoms with Gasteiger partial charge in [-0.25, -0.2) is 0 Å². The number of rotatable bonds is 3. The molecule has 2 rings (SSSR count). The summed E-state index contributed by atoms with van der Waals surface area (Å²) in [5.74, 6) is 0.918. The van der Waals surface area contributed by atoms with Crippen LogP contribution in [0.3, 0.4) is 0 Å². The molecular weight excluding hydrogens is 204 g/mol. The number of thiophene rings is 1. The Labute approximate surface area is 94.3 Å². The maximum Gasteiger partial charge on any atom is 0.118 e. The van der Waals surface area contributed by atoms with Gasteiger partial charge in [0.2, 0.25) is 0 Å². The van der Waals surface area contributed by atoms with Gasteiger partial charge in [-0.2, -0.15) is 0 Å². The summed E-state index contributed by atoms with van der Waals surface area (Å²) in [6.45, 7) is 2.13. The highest BCUT2D eigenvalue weighted by Crippen LogP contribution is 2.19. The Hall–Kier alpha value is -1.28. The lowest BCUT2D eigenvalue weighted by atomic mass is 10.1. The third kappa shape index (κ3) is 2.60. The Morgan fingerprint density at radius 3 is 2.47 bits per heavy atom. The average molecular weight is 218 g/mol. The van der Waals surface area contributed by atoms with Gasteiger partial charge in [-0.15, -0.1) is 11.3 Å². The summed E-state index contributed by atoms with van der Waals surface area (Å²) in [5, 5.41) is 2.19. The van der Waals surface area contributed by atoms with Gasteiger partial charge in [0.25, 0.3) is 0 Å². The first-order valence-corrected chi connectivity index (χ1v) is 5.83.